The molecule has 0 saturated heterocycles. The van der Waals surface area contributed by atoms with E-state index in [1.165, 1.54) is 31.2 Å². The van der Waals surface area contributed by atoms with Crippen LogP contribution in [0.25, 0.3) is 0 Å². The number of sulfonamides is 1. The number of nitrogens with one attached hydrogen (secondary N) is 2. The summed E-state index contributed by atoms with van der Waals surface area (Å²) in [6, 6.07) is 12.7. The van der Waals surface area contributed by atoms with Crippen molar-refractivity contribution in [2.45, 2.75) is 25.2 Å². The van der Waals surface area contributed by atoms with Gasteiger partial charge in [-0.15, -0.1) is 0 Å². The van der Waals surface area contributed by atoms with Crippen LogP contribution in [0.15, 0.2) is 53.4 Å². The molecule has 24 heavy (non-hydrogen) atoms. The van der Waals surface area contributed by atoms with Gasteiger partial charge in [0, 0.05) is 18.3 Å². The lowest BCUT2D eigenvalue weighted by Crippen LogP contribution is -2.13. The van der Waals surface area contributed by atoms with Gasteiger partial charge in [-0.3, -0.25) is 9.52 Å². The maximum absolute atomic E-state index is 12.4. The summed E-state index contributed by atoms with van der Waals surface area (Å²) in [7, 11) is -3.69. The monoisotopic (exact) mass is 348 g/mol. The lowest BCUT2D eigenvalue weighted by atomic mass is 10.3. The molecule has 1 amide bonds. The van der Waals surface area contributed by atoms with Crippen molar-refractivity contribution in [3.63, 3.8) is 0 Å². The number of hydrogen-bond donors (Lipinski definition) is 2. The van der Waals surface area contributed by atoms with Crippen molar-refractivity contribution >= 4 is 27.3 Å². The maximum Gasteiger partial charge on any atom is 0.261 e. The number of amides is 1. The van der Waals surface area contributed by atoms with Gasteiger partial charge in [-0.1, -0.05) is 6.92 Å². The molecular formula is C17H20N2O4S. The quantitative estimate of drug-likeness (QED) is 0.804. The predicted molar refractivity (Wildman–Crippen MR) is 93.8 cm³/mol. The minimum Gasteiger partial charge on any atom is -0.494 e. The molecule has 2 rings (SSSR count). The zero-order chi connectivity index (χ0) is 17.6. The summed E-state index contributed by atoms with van der Waals surface area (Å²) in [5, 5.41) is 2.59. The summed E-state index contributed by atoms with van der Waals surface area (Å²) in [6.45, 7) is 4.02. The molecule has 0 saturated carbocycles. The number of rotatable bonds is 7. The number of benzene rings is 2. The van der Waals surface area contributed by atoms with Crippen molar-refractivity contribution in [3.05, 3.63) is 48.5 Å². The SMILES string of the molecule is CCCOc1ccc(NS(=O)(=O)c2ccc(NC(C)=O)cc2)cc1. The summed E-state index contributed by atoms with van der Waals surface area (Å²) in [5.41, 5.74) is 0.990. The first-order valence-electron chi connectivity index (χ1n) is 7.54. The molecule has 6 nitrogen and oxygen atoms in total. The van der Waals surface area contributed by atoms with E-state index in [4.69, 9.17) is 4.74 Å². The fourth-order valence-corrected chi connectivity index (χ4v) is 3.03. The van der Waals surface area contributed by atoms with Gasteiger partial charge in [0.15, 0.2) is 0 Å². The molecule has 0 unspecified atom stereocenters. The Kier molecular flexibility index (Phi) is 5.81. The van der Waals surface area contributed by atoms with Crippen LogP contribution in [0.4, 0.5) is 11.4 Å². The third-order valence-electron chi connectivity index (χ3n) is 3.06. The summed E-state index contributed by atoms with van der Waals surface area (Å²) in [4.78, 5) is 11.1. The minimum absolute atomic E-state index is 0.114. The fourth-order valence-electron chi connectivity index (χ4n) is 1.97. The van der Waals surface area contributed by atoms with Gasteiger partial charge in [-0.05, 0) is 55.0 Å². The largest absolute Gasteiger partial charge is 0.494 e. The number of anilines is 2. The highest BCUT2D eigenvalue weighted by Crippen LogP contribution is 2.20. The second kappa shape index (κ2) is 7.83. The average Bonchev–Trinajstić information content (AvgIpc) is 2.54. The average molecular weight is 348 g/mol. The molecule has 0 spiro atoms. The molecule has 0 radical (unpaired) electrons. The molecule has 0 fully saturated rings. The van der Waals surface area contributed by atoms with Crippen LogP contribution in [0.1, 0.15) is 20.3 Å². The Bertz CT molecular complexity index is 784. The topological polar surface area (TPSA) is 84.5 Å². The summed E-state index contributed by atoms with van der Waals surface area (Å²) in [5.74, 6) is 0.480. The van der Waals surface area contributed by atoms with Crippen molar-refractivity contribution in [2.24, 2.45) is 0 Å². The number of carbonyl (C=O) groups is 1. The van der Waals surface area contributed by atoms with Crippen LogP contribution in [0, 0.1) is 0 Å². The molecule has 2 N–H and O–H groups in total. The zero-order valence-electron chi connectivity index (χ0n) is 13.6. The van der Waals surface area contributed by atoms with E-state index in [-0.39, 0.29) is 10.8 Å². The normalized spacial score (nSPS) is 10.9. The summed E-state index contributed by atoms with van der Waals surface area (Å²) >= 11 is 0. The van der Waals surface area contributed by atoms with E-state index in [0.29, 0.717) is 23.7 Å². The van der Waals surface area contributed by atoms with E-state index < -0.39 is 10.0 Å². The highest BCUT2D eigenvalue weighted by Gasteiger charge is 2.14. The standard InChI is InChI=1S/C17H20N2O4S/c1-3-12-23-16-8-4-15(5-9-16)19-24(21,22)17-10-6-14(7-11-17)18-13(2)20/h4-11,19H,3,12H2,1-2H3,(H,18,20). The Morgan fingerprint density at radius 3 is 2.12 bits per heavy atom. The van der Waals surface area contributed by atoms with Crippen LogP contribution in [-0.2, 0) is 14.8 Å². The molecule has 0 aliphatic heterocycles. The highest BCUT2D eigenvalue weighted by atomic mass is 32.2. The van der Waals surface area contributed by atoms with Crippen molar-refractivity contribution in [1.82, 2.24) is 0 Å². The Morgan fingerprint density at radius 1 is 1.00 bits per heavy atom. The molecule has 2 aromatic rings. The lowest BCUT2D eigenvalue weighted by molar-refractivity contribution is -0.114. The van der Waals surface area contributed by atoms with E-state index in [1.54, 1.807) is 24.3 Å². The van der Waals surface area contributed by atoms with E-state index in [0.717, 1.165) is 6.42 Å². The molecule has 0 heterocycles. The van der Waals surface area contributed by atoms with E-state index in [9.17, 15) is 13.2 Å². The van der Waals surface area contributed by atoms with E-state index in [2.05, 4.69) is 10.0 Å². The Labute approximate surface area is 141 Å². The maximum atomic E-state index is 12.4. The van der Waals surface area contributed by atoms with Gasteiger partial charge in [0.1, 0.15) is 5.75 Å². The minimum atomic E-state index is -3.69. The van der Waals surface area contributed by atoms with Crippen molar-refractivity contribution < 1.29 is 17.9 Å². The van der Waals surface area contributed by atoms with Crippen LogP contribution in [0.2, 0.25) is 0 Å². The predicted octanol–water partition coefficient (Wildman–Crippen LogP) is 3.23. The molecule has 0 aromatic heterocycles. The van der Waals surface area contributed by atoms with Gasteiger partial charge in [-0.25, -0.2) is 8.42 Å². The smallest absolute Gasteiger partial charge is 0.261 e. The molecule has 0 atom stereocenters. The second-order valence-electron chi connectivity index (χ2n) is 5.18. The number of ether oxygens (including phenoxy) is 1. The number of carbonyl (C=O) groups excluding carboxylic acids is 1. The van der Waals surface area contributed by atoms with E-state index >= 15 is 0 Å². The molecule has 0 bridgehead atoms. The molecule has 128 valence electrons. The first kappa shape index (κ1) is 17.8. The van der Waals surface area contributed by atoms with Crippen molar-refractivity contribution in [2.75, 3.05) is 16.6 Å². The molecule has 7 heteroatoms. The Morgan fingerprint density at radius 2 is 1.58 bits per heavy atom. The van der Waals surface area contributed by atoms with Gasteiger partial charge in [0.05, 0.1) is 11.5 Å². The first-order chi connectivity index (χ1) is 11.4. The second-order valence-corrected chi connectivity index (χ2v) is 6.87. The van der Waals surface area contributed by atoms with Crippen LogP contribution in [-0.4, -0.2) is 20.9 Å². The fraction of sp³-hybridized carbons (Fsp3) is 0.235. The molecule has 0 aliphatic rings. The zero-order valence-corrected chi connectivity index (χ0v) is 14.4. The summed E-state index contributed by atoms with van der Waals surface area (Å²) in [6.07, 6.45) is 0.906. The third-order valence-corrected chi connectivity index (χ3v) is 4.46. The van der Waals surface area contributed by atoms with Gasteiger partial charge < -0.3 is 10.1 Å². The van der Waals surface area contributed by atoms with E-state index in [1.807, 2.05) is 6.92 Å². The van der Waals surface area contributed by atoms with Gasteiger partial charge >= 0.3 is 0 Å². The van der Waals surface area contributed by atoms with Crippen molar-refractivity contribution in [3.8, 4) is 5.75 Å². The highest BCUT2D eigenvalue weighted by molar-refractivity contribution is 7.92. The molecular weight excluding hydrogens is 328 g/mol. The molecule has 2 aromatic carbocycles. The van der Waals surface area contributed by atoms with Gasteiger partial charge in [0.2, 0.25) is 5.91 Å². The van der Waals surface area contributed by atoms with Crippen LogP contribution in [0.3, 0.4) is 0 Å². The van der Waals surface area contributed by atoms with Crippen LogP contribution in [0.5, 0.6) is 5.75 Å². The third kappa shape index (κ3) is 4.99. The van der Waals surface area contributed by atoms with Crippen LogP contribution < -0.4 is 14.8 Å². The Hall–Kier alpha value is -2.54. The van der Waals surface area contributed by atoms with Crippen LogP contribution >= 0.6 is 0 Å². The van der Waals surface area contributed by atoms with Gasteiger partial charge in [-0.2, -0.15) is 0 Å². The Balaban J connectivity index is 2.08. The lowest BCUT2D eigenvalue weighted by Gasteiger charge is -2.10. The molecule has 0 aliphatic carbocycles. The number of hydrogen-bond acceptors (Lipinski definition) is 4. The van der Waals surface area contributed by atoms with Crippen molar-refractivity contribution in [1.29, 1.82) is 0 Å². The summed E-state index contributed by atoms with van der Waals surface area (Å²) < 4.78 is 32.7. The first-order valence-corrected chi connectivity index (χ1v) is 9.02. The van der Waals surface area contributed by atoms with Gasteiger partial charge in [0.25, 0.3) is 10.0 Å².